The summed E-state index contributed by atoms with van der Waals surface area (Å²) < 4.78 is 13.0. The lowest BCUT2D eigenvalue weighted by Crippen LogP contribution is -2.01. The summed E-state index contributed by atoms with van der Waals surface area (Å²) in [5.74, 6) is -0.331. The van der Waals surface area contributed by atoms with Crippen molar-refractivity contribution in [1.82, 2.24) is 4.98 Å². The fourth-order valence-electron chi connectivity index (χ4n) is 2.74. The molecule has 1 heterocycles. The van der Waals surface area contributed by atoms with Crippen molar-refractivity contribution < 1.29 is 4.39 Å². The highest BCUT2D eigenvalue weighted by molar-refractivity contribution is 7.12. The van der Waals surface area contributed by atoms with Crippen LogP contribution in [0.1, 0.15) is 5.01 Å². The number of anilines is 1. The van der Waals surface area contributed by atoms with Crippen LogP contribution in [-0.2, 0) is 0 Å². The molecule has 3 aromatic carbocycles. The third-order valence-corrected chi connectivity index (χ3v) is 5.09. The molecule has 0 saturated heterocycles. The standard InChI is InChI=1S/C23H15FN4S/c24-19-10-12-20(13-11-19)27-28-21(14-25)23-26-22(15-29-23)18-8-6-17(7-9-18)16-4-2-1-3-5-16/h1-13,15,27H/b28-21+. The highest BCUT2D eigenvalue weighted by Gasteiger charge is 2.11. The van der Waals surface area contributed by atoms with Crippen molar-refractivity contribution in [2.75, 3.05) is 5.43 Å². The van der Waals surface area contributed by atoms with Gasteiger partial charge in [-0.05, 0) is 35.4 Å². The minimum Gasteiger partial charge on any atom is -0.277 e. The fraction of sp³-hybridized carbons (Fsp3) is 0. The number of hydrogen-bond donors (Lipinski definition) is 1. The van der Waals surface area contributed by atoms with E-state index in [0.29, 0.717) is 10.7 Å². The number of thiazole rings is 1. The lowest BCUT2D eigenvalue weighted by molar-refractivity contribution is 0.628. The average molecular weight is 398 g/mol. The lowest BCUT2D eigenvalue weighted by Gasteiger charge is -2.03. The minimum atomic E-state index is -0.331. The first-order chi connectivity index (χ1) is 14.2. The van der Waals surface area contributed by atoms with Crippen molar-refractivity contribution in [3.63, 3.8) is 0 Å². The molecule has 140 valence electrons. The van der Waals surface area contributed by atoms with Crippen molar-refractivity contribution in [3.05, 3.63) is 95.1 Å². The number of nitriles is 1. The summed E-state index contributed by atoms with van der Waals surface area (Å²) in [6.07, 6.45) is 0. The molecule has 1 aromatic heterocycles. The molecule has 4 aromatic rings. The van der Waals surface area contributed by atoms with Gasteiger partial charge >= 0.3 is 0 Å². The van der Waals surface area contributed by atoms with E-state index in [1.807, 2.05) is 35.7 Å². The summed E-state index contributed by atoms with van der Waals surface area (Å²) in [7, 11) is 0. The maximum atomic E-state index is 13.0. The maximum Gasteiger partial charge on any atom is 0.196 e. The van der Waals surface area contributed by atoms with E-state index in [2.05, 4.69) is 45.8 Å². The van der Waals surface area contributed by atoms with Crippen molar-refractivity contribution in [2.24, 2.45) is 5.10 Å². The first-order valence-corrected chi connectivity index (χ1v) is 9.72. The molecule has 0 radical (unpaired) electrons. The van der Waals surface area contributed by atoms with Crippen LogP contribution in [0.25, 0.3) is 22.4 Å². The normalized spacial score (nSPS) is 11.1. The van der Waals surface area contributed by atoms with Gasteiger partial charge in [0.1, 0.15) is 11.9 Å². The number of hydrazone groups is 1. The summed E-state index contributed by atoms with van der Waals surface area (Å²) in [6.45, 7) is 0. The molecule has 0 bridgehead atoms. The van der Waals surface area contributed by atoms with Crippen LogP contribution in [0.4, 0.5) is 10.1 Å². The second-order valence-electron chi connectivity index (χ2n) is 6.17. The molecule has 0 spiro atoms. The summed E-state index contributed by atoms with van der Waals surface area (Å²) in [5, 5.41) is 16.0. The average Bonchev–Trinajstić information content (AvgIpc) is 3.26. The van der Waals surface area contributed by atoms with Gasteiger partial charge in [-0.15, -0.1) is 11.3 Å². The fourth-order valence-corrected chi connectivity index (χ4v) is 3.51. The number of rotatable bonds is 5. The van der Waals surface area contributed by atoms with Gasteiger partial charge in [-0.25, -0.2) is 9.37 Å². The van der Waals surface area contributed by atoms with Gasteiger partial charge in [0, 0.05) is 10.9 Å². The number of benzene rings is 3. The Labute approximate surface area is 171 Å². The van der Waals surface area contributed by atoms with Crippen molar-refractivity contribution in [3.8, 4) is 28.5 Å². The first kappa shape index (κ1) is 18.5. The third kappa shape index (κ3) is 4.37. The van der Waals surface area contributed by atoms with Crippen LogP contribution in [0.3, 0.4) is 0 Å². The Morgan fingerprint density at radius 1 is 0.897 bits per heavy atom. The Hall–Kier alpha value is -3.82. The van der Waals surface area contributed by atoms with E-state index in [0.717, 1.165) is 22.4 Å². The van der Waals surface area contributed by atoms with Crippen LogP contribution in [0.5, 0.6) is 0 Å². The third-order valence-electron chi connectivity index (χ3n) is 4.24. The van der Waals surface area contributed by atoms with Crippen LogP contribution in [0.15, 0.2) is 89.3 Å². The van der Waals surface area contributed by atoms with Crippen LogP contribution >= 0.6 is 11.3 Å². The second-order valence-corrected chi connectivity index (χ2v) is 7.03. The van der Waals surface area contributed by atoms with Gasteiger partial charge < -0.3 is 0 Å². The number of nitrogens with one attached hydrogen (secondary N) is 1. The van der Waals surface area contributed by atoms with Gasteiger partial charge in [-0.3, -0.25) is 5.43 Å². The highest BCUT2D eigenvalue weighted by atomic mass is 32.1. The molecule has 0 fully saturated rings. The molecule has 29 heavy (non-hydrogen) atoms. The summed E-state index contributed by atoms with van der Waals surface area (Å²) in [4.78, 5) is 4.55. The van der Waals surface area contributed by atoms with E-state index < -0.39 is 0 Å². The van der Waals surface area contributed by atoms with E-state index in [4.69, 9.17) is 0 Å². The van der Waals surface area contributed by atoms with E-state index in [1.165, 1.54) is 23.5 Å². The second kappa shape index (κ2) is 8.46. The smallest absolute Gasteiger partial charge is 0.196 e. The maximum absolute atomic E-state index is 13.0. The van der Waals surface area contributed by atoms with Gasteiger partial charge in [0.15, 0.2) is 10.7 Å². The SMILES string of the molecule is N#C/C(=N\Nc1ccc(F)cc1)c1nc(-c2ccc(-c3ccccc3)cc2)cs1. The lowest BCUT2D eigenvalue weighted by atomic mass is 10.0. The predicted octanol–water partition coefficient (Wildman–Crippen LogP) is 5.96. The first-order valence-electron chi connectivity index (χ1n) is 8.84. The Bertz CT molecular complexity index is 1170. The molecule has 0 aliphatic carbocycles. The van der Waals surface area contributed by atoms with E-state index in [-0.39, 0.29) is 11.5 Å². The summed E-state index contributed by atoms with van der Waals surface area (Å²) in [5.41, 5.74) is 7.57. The van der Waals surface area contributed by atoms with Crippen LogP contribution in [-0.4, -0.2) is 10.7 Å². The van der Waals surface area contributed by atoms with E-state index >= 15 is 0 Å². The molecular weight excluding hydrogens is 383 g/mol. The molecule has 1 N–H and O–H groups in total. The molecule has 0 unspecified atom stereocenters. The molecule has 6 heteroatoms. The molecule has 0 saturated carbocycles. The Morgan fingerprint density at radius 2 is 1.55 bits per heavy atom. The van der Waals surface area contributed by atoms with Gasteiger partial charge in [0.05, 0.1) is 11.4 Å². The zero-order valence-electron chi connectivity index (χ0n) is 15.2. The molecular formula is C23H15FN4S. The van der Waals surface area contributed by atoms with Crippen LogP contribution in [0, 0.1) is 17.1 Å². The highest BCUT2D eigenvalue weighted by Crippen LogP contribution is 2.26. The Morgan fingerprint density at radius 3 is 2.24 bits per heavy atom. The molecule has 4 nitrogen and oxygen atoms in total. The largest absolute Gasteiger partial charge is 0.277 e. The monoisotopic (exact) mass is 398 g/mol. The molecule has 0 aliphatic heterocycles. The van der Waals surface area contributed by atoms with E-state index in [9.17, 15) is 9.65 Å². The predicted molar refractivity (Wildman–Crippen MR) is 115 cm³/mol. The zero-order chi connectivity index (χ0) is 20.1. The van der Waals surface area contributed by atoms with Crippen molar-refractivity contribution in [1.29, 1.82) is 5.26 Å². The topological polar surface area (TPSA) is 61.1 Å². The summed E-state index contributed by atoms with van der Waals surface area (Å²) >= 11 is 1.35. The van der Waals surface area contributed by atoms with Crippen molar-refractivity contribution >= 4 is 22.7 Å². The van der Waals surface area contributed by atoms with Gasteiger partial charge in [0.2, 0.25) is 0 Å². The van der Waals surface area contributed by atoms with Gasteiger partial charge in [-0.1, -0.05) is 54.6 Å². The number of aromatic nitrogens is 1. The molecule has 0 aliphatic rings. The van der Waals surface area contributed by atoms with E-state index in [1.54, 1.807) is 12.1 Å². The number of nitrogens with zero attached hydrogens (tertiary/aromatic N) is 3. The molecule has 0 atom stereocenters. The minimum absolute atomic E-state index is 0.173. The van der Waals surface area contributed by atoms with Gasteiger partial charge in [0.25, 0.3) is 0 Å². The number of halogens is 1. The Balaban J connectivity index is 1.53. The van der Waals surface area contributed by atoms with Crippen LogP contribution < -0.4 is 5.43 Å². The van der Waals surface area contributed by atoms with Gasteiger partial charge in [-0.2, -0.15) is 10.4 Å². The van der Waals surface area contributed by atoms with Crippen LogP contribution in [0.2, 0.25) is 0 Å². The Kier molecular flexibility index (Phi) is 5.41. The zero-order valence-corrected chi connectivity index (χ0v) is 16.0. The molecule has 0 amide bonds. The van der Waals surface area contributed by atoms with Crippen molar-refractivity contribution in [2.45, 2.75) is 0 Å². The quantitative estimate of drug-likeness (QED) is 0.333. The summed E-state index contributed by atoms with van der Waals surface area (Å²) in [6, 6.07) is 26.1. The molecule has 4 rings (SSSR count). The number of hydrogen-bond acceptors (Lipinski definition) is 5.